The summed E-state index contributed by atoms with van der Waals surface area (Å²) in [6.45, 7) is 2.62. The fourth-order valence-corrected chi connectivity index (χ4v) is 1.80. The van der Waals surface area contributed by atoms with Crippen LogP contribution in [0, 0.1) is 10.1 Å². The Bertz CT molecular complexity index is 564. The van der Waals surface area contributed by atoms with Crippen LogP contribution in [-0.4, -0.2) is 43.2 Å². The summed E-state index contributed by atoms with van der Waals surface area (Å²) in [6, 6.07) is 6.21. The topological polar surface area (TPSA) is 91.6 Å². The first-order valence-electron chi connectivity index (χ1n) is 7.39. The molecule has 0 spiro atoms. The zero-order chi connectivity index (χ0) is 18.0. The lowest BCUT2D eigenvalue weighted by Crippen LogP contribution is -2.39. The minimum atomic E-state index is -4.24. The molecule has 10 heteroatoms. The molecular weight excluding hydrogens is 327 g/mol. The molecule has 0 aromatic heterocycles. The van der Waals surface area contributed by atoms with Gasteiger partial charge in [0, 0.05) is 25.7 Å². The molecule has 7 nitrogen and oxygen atoms in total. The van der Waals surface area contributed by atoms with Crippen LogP contribution in [0.1, 0.15) is 13.3 Å². The van der Waals surface area contributed by atoms with Crippen molar-refractivity contribution in [2.24, 2.45) is 4.99 Å². The second kappa shape index (κ2) is 9.58. The van der Waals surface area contributed by atoms with E-state index >= 15 is 0 Å². The number of halogens is 3. The van der Waals surface area contributed by atoms with Crippen LogP contribution in [0.4, 0.5) is 24.5 Å². The molecule has 1 aromatic carbocycles. The van der Waals surface area contributed by atoms with Gasteiger partial charge >= 0.3 is 6.18 Å². The van der Waals surface area contributed by atoms with Crippen molar-refractivity contribution in [3.63, 3.8) is 0 Å². The molecule has 0 amide bonds. The van der Waals surface area contributed by atoms with Crippen molar-refractivity contribution in [1.82, 2.24) is 10.6 Å². The molecule has 0 aliphatic carbocycles. The Morgan fingerprint density at radius 2 is 1.96 bits per heavy atom. The molecule has 134 valence electrons. The lowest BCUT2D eigenvalue weighted by Gasteiger charge is -2.12. The van der Waals surface area contributed by atoms with Crippen LogP contribution in [0.15, 0.2) is 29.3 Å². The first kappa shape index (κ1) is 19.5. The van der Waals surface area contributed by atoms with Crippen molar-refractivity contribution in [3.8, 4) is 0 Å². The number of anilines is 1. The number of benzene rings is 1. The highest BCUT2D eigenvalue weighted by molar-refractivity contribution is 5.79. The number of rotatable bonds is 8. The molecule has 0 radical (unpaired) electrons. The van der Waals surface area contributed by atoms with E-state index < -0.39 is 17.5 Å². The summed E-state index contributed by atoms with van der Waals surface area (Å²) in [5.74, 6) is 0.270. The zero-order valence-corrected chi connectivity index (χ0v) is 13.2. The number of nitrogens with zero attached hydrogens (tertiary/aromatic N) is 2. The third-order valence-corrected chi connectivity index (χ3v) is 2.84. The van der Waals surface area contributed by atoms with E-state index in [2.05, 4.69) is 20.9 Å². The Kier molecular flexibility index (Phi) is 7.80. The number of nitro groups is 1. The molecule has 1 rings (SSSR count). The van der Waals surface area contributed by atoms with Crippen LogP contribution >= 0.6 is 0 Å². The number of nitro benzene ring substituents is 1. The first-order chi connectivity index (χ1) is 11.3. The van der Waals surface area contributed by atoms with Gasteiger partial charge in [-0.3, -0.25) is 15.1 Å². The van der Waals surface area contributed by atoms with E-state index in [0.29, 0.717) is 25.3 Å². The lowest BCUT2D eigenvalue weighted by atomic mass is 10.2. The Morgan fingerprint density at radius 3 is 2.58 bits per heavy atom. The summed E-state index contributed by atoms with van der Waals surface area (Å²) >= 11 is 0. The van der Waals surface area contributed by atoms with Gasteiger partial charge in [0.15, 0.2) is 5.96 Å². The van der Waals surface area contributed by atoms with Crippen LogP contribution in [0.2, 0.25) is 0 Å². The maximum atomic E-state index is 12.1. The lowest BCUT2D eigenvalue weighted by molar-refractivity contribution is -0.384. The number of hydrogen-bond acceptors (Lipinski definition) is 4. The highest BCUT2D eigenvalue weighted by Crippen LogP contribution is 2.22. The van der Waals surface area contributed by atoms with Gasteiger partial charge < -0.3 is 16.0 Å². The van der Waals surface area contributed by atoms with Gasteiger partial charge in [-0.05, 0) is 13.0 Å². The van der Waals surface area contributed by atoms with Crippen molar-refractivity contribution < 1.29 is 18.1 Å². The maximum Gasteiger partial charge on any atom is 0.390 e. The van der Waals surface area contributed by atoms with E-state index in [9.17, 15) is 23.3 Å². The number of hydrogen-bond donors (Lipinski definition) is 3. The standard InChI is InChI=1S/C14H20F3N5O2/c1-2-18-13(20-8-7-14(15,16)17)21-10-9-19-11-5-3-4-6-12(11)22(23)24/h3-6,19H,2,7-10H2,1H3,(H2,18,20,21). The third kappa shape index (κ3) is 7.65. The number of guanidine groups is 1. The van der Waals surface area contributed by atoms with Gasteiger partial charge in [0.25, 0.3) is 5.69 Å². The summed E-state index contributed by atoms with van der Waals surface area (Å²) in [6.07, 6.45) is -5.23. The largest absolute Gasteiger partial charge is 0.390 e. The van der Waals surface area contributed by atoms with Gasteiger partial charge in [-0.1, -0.05) is 12.1 Å². The van der Waals surface area contributed by atoms with E-state index in [1.807, 2.05) is 0 Å². The predicted octanol–water partition coefficient (Wildman–Crippen LogP) is 2.51. The molecule has 0 unspecified atom stereocenters. The predicted molar refractivity (Wildman–Crippen MR) is 86.2 cm³/mol. The van der Waals surface area contributed by atoms with Crippen LogP contribution in [0.25, 0.3) is 0 Å². The van der Waals surface area contributed by atoms with E-state index in [1.165, 1.54) is 6.07 Å². The van der Waals surface area contributed by atoms with E-state index in [0.717, 1.165) is 0 Å². The van der Waals surface area contributed by atoms with Crippen molar-refractivity contribution in [1.29, 1.82) is 0 Å². The number of aliphatic imine (C=N–C) groups is 1. The molecule has 1 aromatic rings. The number of nitrogens with one attached hydrogen (secondary N) is 3. The van der Waals surface area contributed by atoms with Crippen LogP contribution in [0.5, 0.6) is 0 Å². The van der Waals surface area contributed by atoms with Crippen molar-refractivity contribution in [2.75, 3.05) is 31.5 Å². The molecule has 0 fully saturated rings. The van der Waals surface area contributed by atoms with E-state index in [-0.39, 0.29) is 18.2 Å². The quantitative estimate of drug-likeness (QED) is 0.221. The fourth-order valence-electron chi connectivity index (χ4n) is 1.80. The second-order valence-electron chi connectivity index (χ2n) is 4.75. The highest BCUT2D eigenvalue weighted by atomic mass is 19.4. The third-order valence-electron chi connectivity index (χ3n) is 2.84. The average molecular weight is 347 g/mol. The van der Waals surface area contributed by atoms with Crippen LogP contribution < -0.4 is 16.0 Å². The Morgan fingerprint density at radius 1 is 1.25 bits per heavy atom. The molecule has 0 bridgehead atoms. The number of para-hydroxylation sites is 2. The van der Waals surface area contributed by atoms with E-state index in [1.54, 1.807) is 25.1 Å². The molecule has 0 saturated heterocycles. The molecule has 0 atom stereocenters. The minimum absolute atomic E-state index is 0.0387. The SMILES string of the molecule is CCNC(=NCCC(F)(F)F)NCCNc1ccccc1[N+](=O)[O-]. The normalized spacial score (nSPS) is 11.9. The molecule has 0 saturated carbocycles. The minimum Gasteiger partial charge on any atom is -0.378 e. The zero-order valence-electron chi connectivity index (χ0n) is 13.2. The molecule has 0 heterocycles. The van der Waals surface area contributed by atoms with E-state index in [4.69, 9.17) is 0 Å². The summed E-state index contributed by atoms with van der Waals surface area (Å²) in [4.78, 5) is 14.2. The second-order valence-corrected chi connectivity index (χ2v) is 4.75. The molecule has 0 aliphatic heterocycles. The molecular formula is C14H20F3N5O2. The molecule has 0 aliphatic rings. The monoisotopic (exact) mass is 347 g/mol. The van der Waals surface area contributed by atoms with Gasteiger partial charge in [0.1, 0.15) is 5.69 Å². The van der Waals surface area contributed by atoms with Crippen LogP contribution in [-0.2, 0) is 0 Å². The Balaban J connectivity index is 2.46. The van der Waals surface area contributed by atoms with Crippen molar-refractivity contribution in [3.05, 3.63) is 34.4 Å². The maximum absolute atomic E-state index is 12.1. The van der Waals surface area contributed by atoms with Gasteiger partial charge in [0.2, 0.25) is 0 Å². The molecule has 24 heavy (non-hydrogen) atoms. The molecule has 3 N–H and O–H groups in total. The summed E-state index contributed by atoms with van der Waals surface area (Å²) in [7, 11) is 0. The fraction of sp³-hybridized carbons (Fsp3) is 0.500. The highest BCUT2D eigenvalue weighted by Gasteiger charge is 2.26. The van der Waals surface area contributed by atoms with Gasteiger partial charge in [0.05, 0.1) is 17.9 Å². The van der Waals surface area contributed by atoms with Gasteiger partial charge in [-0.15, -0.1) is 0 Å². The summed E-state index contributed by atoms with van der Waals surface area (Å²) in [5.41, 5.74) is 0.339. The smallest absolute Gasteiger partial charge is 0.378 e. The van der Waals surface area contributed by atoms with Gasteiger partial charge in [-0.2, -0.15) is 13.2 Å². The Hall–Kier alpha value is -2.52. The van der Waals surface area contributed by atoms with Crippen molar-refractivity contribution >= 4 is 17.3 Å². The van der Waals surface area contributed by atoms with Crippen LogP contribution in [0.3, 0.4) is 0 Å². The van der Waals surface area contributed by atoms with Gasteiger partial charge in [-0.25, -0.2) is 0 Å². The van der Waals surface area contributed by atoms with Crippen molar-refractivity contribution in [2.45, 2.75) is 19.5 Å². The average Bonchev–Trinajstić information content (AvgIpc) is 2.50. The summed E-state index contributed by atoms with van der Waals surface area (Å²) < 4.78 is 36.3. The first-order valence-corrected chi connectivity index (χ1v) is 7.39. The Labute approximate surface area is 137 Å². The summed E-state index contributed by atoms with van der Waals surface area (Å²) in [5, 5.41) is 19.5. The number of alkyl halides is 3.